The molecule has 0 atom stereocenters. The fraction of sp³-hybridized carbons (Fsp3) is 0.360. The monoisotopic (exact) mass is 441 g/mol. The van der Waals surface area contributed by atoms with Crippen LogP contribution in [0.3, 0.4) is 0 Å². The lowest BCUT2D eigenvalue weighted by Crippen LogP contribution is -2.51. The molecule has 0 N–H and O–H groups in total. The second-order valence-corrected chi connectivity index (χ2v) is 8.95. The number of aryl methyl sites for hydroxylation is 1. The van der Waals surface area contributed by atoms with E-state index in [9.17, 15) is 0 Å². The van der Waals surface area contributed by atoms with E-state index in [1.807, 2.05) is 50.2 Å². The minimum atomic E-state index is 0.450. The van der Waals surface area contributed by atoms with Gasteiger partial charge < -0.3 is 4.74 Å². The van der Waals surface area contributed by atoms with Crippen molar-refractivity contribution in [3.63, 3.8) is 0 Å². The molecule has 6 rings (SSSR count). The Morgan fingerprint density at radius 1 is 0.788 bits per heavy atom. The molecule has 3 aromatic heterocycles. The van der Waals surface area contributed by atoms with Crippen LogP contribution >= 0.6 is 0 Å². The van der Waals surface area contributed by atoms with Crippen molar-refractivity contribution in [2.24, 2.45) is 7.05 Å². The van der Waals surface area contributed by atoms with Gasteiger partial charge >= 0.3 is 0 Å². The number of likely N-dealkylation sites (tertiary alicyclic amines) is 1. The van der Waals surface area contributed by atoms with E-state index in [4.69, 9.17) is 4.74 Å². The number of hydrogen-bond acceptors (Lipinski definition) is 6. The second kappa shape index (κ2) is 8.53. The summed E-state index contributed by atoms with van der Waals surface area (Å²) in [6.45, 7) is 4.01. The van der Waals surface area contributed by atoms with Gasteiger partial charge in [0.15, 0.2) is 5.82 Å². The van der Waals surface area contributed by atoms with Crippen LogP contribution in [0.15, 0.2) is 61.4 Å². The van der Waals surface area contributed by atoms with E-state index in [-0.39, 0.29) is 0 Å². The molecule has 0 radical (unpaired) electrons. The van der Waals surface area contributed by atoms with Gasteiger partial charge in [0.25, 0.3) is 0 Å². The number of benzene rings is 1. The normalized spacial score (nSPS) is 17.8. The molecular formula is C25H27N7O. The van der Waals surface area contributed by atoms with Crippen molar-refractivity contribution in [1.82, 2.24) is 34.4 Å². The third-order valence-corrected chi connectivity index (χ3v) is 6.76. The Morgan fingerprint density at radius 2 is 1.52 bits per heavy atom. The van der Waals surface area contributed by atoms with Gasteiger partial charge in [-0.3, -0.25) is 14.3 Å². The molecule has 2 aliphatic heterocycles. The summed E-state index contributed by atoms with van der Waals surface area (Å²) >= 11 is 0. The van der Waals surface area contributed by atoms with E-state index in [0.29, 0.717) is 17.9 Å². The standard InChI is InChI=1S/C25H27N7O/c1-30-14-21(12-28-30)18-3-2-4-19(9-18)25-26-10-20(11-27-25)22-13-29-32(15-22)23-5-7-31(8-6-23)24-16-33-17-24/h2-4,9-15,23-24H,5-8,16-17H2,1H3. The van der Waals surface area contributed by atoms with Gasteiger partial charge in [-0.1, -0.05) is 18.2 Å². The van der Waals surface area contributed by atoms with Crippen LogP contribution in [-0.4, -0.2) is 66.8 Å². The van der Waals surface area contributed by atoms with Gasteiger partial charge in [-0.05, 0) is 24.5 Å². The molecule has 0 saturated carbocycles. The largest absolute Gasteiger partial charge is 0.378 e. The SMILES string of the molecule is Cn1cc(-c2cccc(-c3ncc(-c4cnn(C5CCN(C6COC6)CC5)c4)cn3)c2)cn1. The number of piperidine rings is 1. The molecule has 8 nitrogen and oxygen atoms in total. The fourth-order valence-corrected chi connectivity index (χ4v) is 4.67. The molecule has 0 unspecified atom stereocenters. The second-order valence-electron chi connectivity index (χ2n) is 8.95. The number of rotatable bonds is 5. The molecule has 0 aliphatic carbocycles. The maximum absolute atomic E-state index is 5.34. The van der Waals surface area contributed by atoms with Crippen LogP contribution in [-0.2, 0) is 11.8 Å². The topological polar surface area (TPSA) is 73.9 Å². The molecular weight excluding hydrogens is 414 g/mol. The van der Waals surface area contributed by atoms with Crippen molar-refractivity contribution in [3.05, 3.63) is 61.4 Å². The van der Waals surface area contributed by atoms with E-state index < -0.39 is 0 Å². The van der Waals surface area contributed by atoms with Gasteiger partial charge in [-0.25, -0.2) is 9.97 Å². The molecule has 0 amide bonds. The minimum Gasteiger partial charge on any atom is -0.378 e. The summed E-state index contributed by atoms with van der Waals surface area (Å²) < 4.78 is 9.27. The summed E-state index contributed by atoms with van der Waals surface area (Å²) in [6, 6.07) is 9.32. The van der Waals surface area contributed by atoms with Crippen LogP contribution in [0, 0.1) is 0 Å². The zero-order chi connectivity index (χ0) is 22.2. The van der Waals surface area contributed by atoms with Gasteiger partial charge in [-0.2, -0.15) is 10.2 Å². The van der Waals surface area contributed by atoms with E-state index in [1.54, 1.807) is 4.68 Å². The first-order valence-electron chi connectivity index (χ1n) is 11.5. The fourth-order valence-electron chi connectivity index (χ4n) is 4.67. The summed E-state index contributed by atoms with van der Waals surface area (Å²) in [4.78, 5) is 11.8. The molecule has 2 fully saturated rings. The Kier molecular flexibility index (Phi) is 5.24. The number of hydrogen-bond donors (Lipinski definition) is 0. The Hall–Kier alpha value is -3.36. The smallest absolute Gasteiger partial charge is 0.159 e. The Balaban J connectivity index is 1.15. The molecule has 5 heterocycles. The van der Waals surface area contributed by atoms with Crippen molar-refractivity contribution in [3.8, 4) is 33.6 Å². The third kappa shape index (κ3) is 4.07. The van der Waals surface area contributed by atoms with Gasteiger partial charge in [0.1, 0.15) is 0 Å². The van der Waals surface area contributed by atoms with Crippen LogP contribution in [0.4, 0.5) is 0 Å². The molecule has 1 aromatic carbocycles. The van der Waals surface area contributed by atoms with Crippen molar-refractivity contribution in [2.45, 2.75) is 24.9 Å². The molecule has 0 spiro atoms. The van der Waals surface area contributed by atoms with E-state index in [0.717, 1.165) is 67.0 Å². The molecule has 8 heteroatoms. The highest BCUT2D eigenvalue weighted by Crippen LogP contribution is 2.28. The summed E-state index contributed by atoms with van der Waals surface area (Å²) in [5, 5.41) is 8.92. The van der Waals surface area contributed by atoms with Crippen molar-refractivity contribution < 1.29 is 4.74 Å². The van der Waals surface area contributed by atoms with Crippen molar-refractivity contribution in [2.75, 3.05) is 26.3 Å². The number of ether oxygens (including phenoxy) is 1. The van der Waals surface area contributed by atoms with Crippen LogP contribution in [0.1, 0.15) is 18.9 Å². The first-order valence-corrected chi connectivity index (χ1v) is 11.5. The van der Waals surface area contributed by atoms with Gasteiger partial charge in [0.2, 0.25) is 0 Å². The zero-order valence-electron chi connectivity index (χ0n) is 18.7. The zero-order valence-corrected chi connectivity index (χ0v) is 18.7. The van der Waals surface area contributed by atoms with Gasteiger partial charge in [0, 0.05) is 67.2 Å². The average Bonchev–Trinajstić information content (AvgIpc) is 3.48. The van der Waals surface area contributed by atoms with Crippen LogP contribution in [0.5, 0.6) is 0 Å². The average molecular weight is 442 g/mol. The van der Waals surface area contributed by atoms with E-state index >= 15 is 0 Å². The summed E-state index contributed by atoms with van der Waals surface area (Å²) in [7, 11) is 1.92. The summed E-state index contributed by atoms with van der Waals surface area (Å²) in [6.07, 6.45) is 14.0. The molecule has 4 aromatic rings. The lowest BCUT2D eigenvalue weighted by Gasteiger charge is -2.41. The van der Waals surface area contributed by atoms with Crippen LogP contribution in [0.25, 0.3) is 33.6 Å². The van der Waals surface area contributed by atoms with Crippen LogP contribution < -0.4 is 0 Å². The Morgan fingerprint density at radius 3 is 2.21 bits per heavy atom. The molecule has 0 bridgehead atoms. The molecule has 168 valence electrons. The third-order valence-electron chi connectivity index (χ3n) is 6.76. The summed E-state index contributed by atoms with van der Waals surface area (Å²) in [5.74, 6) is 0.712. The number of nitrogens with zero attached hydrogens (tertiary/aromatic N) is 7. The predicted octanol–water partition coefficient (Wildman–Crippen LogP) is 3.44. The molecule has 33 heavy (non-hydrogen) atoms. The quantitative estimate of drug-likeness (QED) is 0.472. The highest BCUT2D eigenvalue weighted by molar-refractivity contribution is 5.70. The molecule has 2 aliphatic rings. The highest BCUT2D eigenvalue weighted by Gasteiger charge is 2.30. The lowest BCUT2D eigenvalue weighted by atomic mass is 10.0. The number of aromatic nitrogens is 6. The minimum absolute atomic E-state index is 0.450. The first kappa shape index (κ1) is 20.3. The van der Waals surface area contributed by atoms with Crippen molar-refractivity contribution >= 4 is 0 Å². The van der Waals surface area contributed by atoms with Crippen molar-refractivity contribution in [1.29, 1.82) is 0 Å². The maximum atomic E-state index is 5.34. The van der Waals surface area contributed by atoms with E-state index in [1.165, 1.54) is 0 Å². The summed E-state index contributed by atoms with van der Waals surface area (Å²) in [5.41, 5.74) is 5.21. The Bertz CT molecular complexity index is 1230. The first-order chi connectivity index (χ1) is 16.2. The molecule has 2 saturated heterocycles. The predicted molar refractivity (Wildman–Crippen MR) is 125 cm³/mol. The van der Waals surface area contributed by atoms with Crippen LogP contribution in [0.2, 0.25) is 0 Å². The maximum Gasteiger partial charge on any atom is 0.159 e. The van der Waals surface area contributed by atoms with Gasteiger partial charge in [-0.15, -0.1) is 0 Å². The lowest BCUT2D eigenvalue weighted by molar-refractivity contribution is -0.0734. The van der Waals surface area contributed by atoms with Gasteiger partial charge in [0.05, 0.1) is 37.7 Å². The van der Waals surface area contributed by atoms with E-state index in [2.05, 4.69) is 48.1 Å². The Labute approximate surface area is 192 Å². The highest BCUT2D eigenvalue weighted by atomic mass is 16.5.